The summed E-state index contributed by atoms with van der Waals surface area (Å²) >= 11 is 0. The van der Waals surface area contributed by atoms with Gasteiger partial charge in [-0.25, -0.2) is 13.2 Å². The number of sulfone groups is 1. The van der Waals surface area contributed by atoms with Gasteiger partial charge in [0.1, 0.15) is 9.84 Å². The molecule has 0 heterocycles. The number of hydrogen-bond donors (Lipinski definition) is 2. The van der Waals surface area contributed by atoms with E-state index >= 15 is 0 Å². The van der Waals surface area contributed by atoms with Crippen LogP contribution in [-0.2, 0) is 14.6 Å². The lowest BCUT2D eigenvalue weighted by Gasteiger charge is -2.36. The molecule has 2 amide bonds. The van der Waals surface area contributed by atoms with Gasteiger partial charge in [0.15, 0.2) is 0 Å². The SMILES string of the molecule is CC(CS(C)(=O)=O)NC(=O)N(CCC(=O)O)C(C)(C)C. The summed E-state index contributed by atoms with van der Waals surface area (Å²) in [5.74, 6) is -1.15. The molecule has 118 valence electrons. The van der Waals surface area contributed by atoms with Crippen molar-refractivity contribution in [1.29, 1.82) is 0 Å². The summed E-state index contributed by atoms with van der Waals surface area (Å²) in [6.07, 6.45) is 0.937. The van der Waals surface area contributed by atoms with Gasteiger partial charge in [0.05, 0.1) is 12.2 Å². The van der Waals surface area contributed by atoms with E-state index < -0.39 is 33.4 Å². The largest absolute Gasteiger partial charge is 0.481 e. The molecule has 0 bridgehead atoms. The number of nitrogens with one attached hydrogen (secondary N) is 1. The molecule has 20 heavy (non-hydrogen) atoms. The number of carbonyl (C=O) groups is 2. The fourth-order valence-electron chi connectivity index (χ4n) is 1.73. The summed E-state index contributed by atoms with van der Waals surface area (Å²) < 4.78 is 22.3. The van der Waals surface area contributed by atoms with E-state index in [1.54, 1.807) is 27.7 Å². The monoisotopic (exact) mass is 308 g/mol. The maximum atomic E-state index is 12.1. The van der Waals surface area contributed by atoms with Gasteiger partial charge in [-0.3, -0.25) is 4.79 Å². The van der Waals surface area contributed by atoms with Crippen molar-refractivity contribution in [2.45, 2.75) is 45.7 Å². The first-order valence-electron chi connectivity index (χ1n) is 6.30. The van der Waals surface area contributed by atoms with Gasteiger partial charge < -0.3 is 15.3 Å². The molecule has 7 nitrogen and oxygen atoms in total. The fourth-order valence-corrected chi connectivity index (χ4v) is 2.73. The molecule has 0 rings (SSSR count). The maximum absolute atomic E-state index is 12.1. The zero-order valence-electron chi connectivity index (χ0n) is 12.6. The van der Waals surface area contributed by atoms with Gasteiger partial charge in [0.2, 0.25) is 0 Å². The number of amides is 2. The zero-order valence-corrected chi connectivity index (χ0v) is 13.5. The van der Waals surface area contributed by atoms with Crippen LogP contribution in [0.1, 0.15) is 34.1 Å². The molecule has 0 saturated heterocycles. The smallest absolute Gasteiger partial charge is 0.318 e. The minimum absolute atomic E-state index is 0.0657. The van der Waals surface area contributed by atoms with Crippen LogP contribution < -0.4 is 5.32 Å². The van der Waals surface area contributed by atoms with Crippen LogP contribution in [0.4, 0.5) is 4.79 Å². The molecule has 0 aliphatic carbocycles. The second-order valence-corrected chi connectivity index (χ2v) is 8.09. The number of carboxylic acids is 1. The summed E-state index contributed by atoms with van der Waals surface area (Å²) in [6, 6.07) is -0.998. The minimum atomic E-state index is -3.18. The Labute approximate surface area is 120 Å². The summed E-state index contributed by atoms with van der Waals surface area (Å²) in [6.45, 7) is 7.02. The number of aliphatic carboxylic acids is 1. The normalized spacial score (nSPS) is 13.7. The van der Waals surface area contributed by atoms with E-state index in [2.05, 4.69) is 5.32 Å². The Morgan fingerprint density at radius 3 is 2.15 bits per heavy atom. The average Bonchev–Trinajstić information content (AvgIpc) is 2.10. The van der Waals surface area contributed by atoms with Gasteiger partial charge in [-0.15, -0.1) is 0 Å². The molecule has 0 aromatic carbocycles. The van der Waals surface area contributed by atoms with Crippen molar-refractivity contribution >= 4 is 21.8 Å². The number of urea groups is 1. The fraction of sp³-hybridized carbons (Fsp3) is 0.833. The van der Waals surface area contributed by atoms with Crippen LogP contribution in [0.5, 0.6) is 0 Å². The van der Waals surface area contributed by atoms with Gasteiger partial charge in [-0.2, -0.15) is 0 Å². The highest BCUT2D eigenvalue weighted by Crippen LogP contribution is 2.14. The zero-order chi connectivity index (χ0) is 16.1. The molecule has 8 heteroatoms. The Kier molecular flexibility index (Phi) is 6.46. The second kappa shape index (κ2) is 6.92. The number of nitrogens with zero attached hydrogens (tertiary/aromatic N) is 1. The summed E-state index contributed by atoms with van der Waals surface area (Å²) in [5, 5.41) is 11.3. The molecule has 0 aliphatic rings. The number of carboxylic acid groups (broad SMARTS) is 1. The summed E-state index contributed by atoms with van der Waals surface area (Å²) in [4.78, 5) is 24.1. The molecular formula is C12H24N2O5S. The average molecular weight is 308 g/mol. The molecule has 2 N–H and O–H groups in total. The van der Waals surface area contributed by atoms with Crippen LogP contribution in [0, 0.1) is 0 Å². The van der Waals surface area contributed by atoms with E-state index in [-0.39, 0.29) is 18.7 Å². The predicted octanol–water partition coefficient (Wildman–Crippen LogP) is 0.704. The lowest BCUT2D eigenvalue weighted by molar-refractivity contribution is -0.137. The predicted molar refractivity (Wildman–Crippen MR) is 76.4 cm³/mol. The molecule has 0 radical (unpaired) electrons. The molecular weight excluding hydrogens is 284 g/mol. The van der Waals surface area contributed by atoms with E-state index in [0.29, 0.717) is 0 Å². The van der Waals surface area contributed by atoms with Crippen molar-refractivity contribution in [3.63, 3.8) is 0 Å². The highest BCUT2D eigenvalue weighted by Gasteiger charge is 2.28. The van der Waals surface area contributed by atoms with Gasteiger partial charge in [0.25, 0.3) is 0 Å². The topological polar surface area (TPSA) is 104 Å². The maximum Gasteiger partial charge on any atom is 0.318 e. The van der Waals surface area contributed by atoms with Gasteiger partial charge >= 0.3 is 12.0 Å². The highest BCUT2D eigenvalue weighted by atomic mass is 32.2. The Hall–Kier alpha value is -1.31. The Balaban J connectivity index is 4.76. The van der Waals surface area contributed by atoms with Crippen LogP contribution >= 0.6 is 0 Å². The highest BCUT2D eigenvalue weighted by molar-refractivity contribution is 7.90. The molecule has 1 unspecified atom stereocenters. The summed E-state index contributed by atoms with van der Waals surface area (Å²) in [7, 11) is -3.18. The van der Waals surface area contributed by atoms with Crippen LogP contribution in [0.3, 0.4) is 0 Å². The molecule has 1 atom stereocenters. The molecule has 0 aliphatic heterocycles. The van der Waals surface area contributed by atoms with E-state index in [1.165, 1.54) is 4.90 Å². The van der Waals surface area contributed by atoms with E-state index in [9.17, 15) is 18.0 Å². The van der Waals surface area contributed by atoms with E-state index in [4.69, 9.17) is 5.11 Å². The Morgan fingerprint density at radius 2 is 1.80 bits per heavy atom. The van der Waals surface area contributed by atoms with Crippen LogP contribution in [-0.4, -0.2) is 60.6 Å². The van der Waals surface area contributed by atoms with Gasteiger partial charge in [0, 0.05) is 24.4 Å². The first-order chi connectivity index (χ1) is 8.83. The van der Waals surface area contributed by atoms with Crippen molar-refractivity contribution in [3.8, 4) is 0 Å². The van der Waals surface area contributed by atoms with Gasteiger partial charge in [-0.05, 0) is 27.7 Å². The van der Waals surface area contributed by atoms with Crippen molar-refractivity contribution in [2.75, 3.05) is 18.6 Å². The molecule has 0 saturated carbocycles. The van der Waals surface area contributed by atoms with E-state index in [1.807, 2.05) is 0 Å². The summed E-state index contributed by atoms with van der Waals surface area (Å²) in [5.41, 5.74) is -0.551. The van der Waals surface area contributed by atoms with Gasteiger partial charge in [-0.1, -0.05) is 0 Å². The first kappa shape index (κ1) is 18.7. The molecule has 0 spiro atoms. The standard InChI is InChI=1S/C12H24N2O5S/c1-9(8-20(5,18)19)13-11(17)14(12(2,3)4)7-6-10(15)16/h9H,6-8H2,1-5H3,(H,13,17)(H,15,16). The first-order valence-corrected chi connectivity index (χ1v) is 8.36. The second-order valence-electron chi connectivity index (χ2n) is 5.91. The quantitative estimate of drug-likeness (QED) is 0.752. The lowest BCUT2D eigenvalue weighted by Crippen LogP contribution is -2.53. The number of rotatable bonds is 6. The number of hydrogen-bond acceptors (Lipinski definition) is 4. The Bertz CT molecular complexity index is 453. The van der Waals surface area contributed by atoms with Crippen LogP contribution in [0.25, 0.3) is 0 Å². The van der Waals surface area contributed by atoms with Crippen molar-refractivity contribution in [1.82, 2.24) is 10.2 Å². The molecule has 0 aromatic rings. The molecule has 0 aromatic heterocycles. The van der Waals surface area contributed by atoms with E-state index in [0.717, 1.165) is 6.26 Å². The Morgan fingerprint density at radius 1 is 1.30 bits per heavy atom. The minimum Gasteiger partial charge on any atom is -0.481 e. The lowest BCUT2D eigenvalue weighted by atomic mass is 10.1. The van der Waals surface area contributed by atoms with Crippen molar-refractivity contribution < 1.29 is 23.1 Å². The third-order valence-corrected chi connectivity index (χ3v) is 3.63. The van der Waals surface area contributed by atoms with Crippen LogP contribution in [0.15, 0.2) is 0 Å². The van der Waals surface area contributed by atoms with Crippen LogP contribution in [0.2, 0.25) is 0 Å². The third kappa shape index (κ3) is 7.98. The van der Waals surface area contributed by atoms with Crippen molar-refractivity contribution in [2.24, 2.45) is 0 Å². The molecule has 0 fully saturated rings. The van der Waals surface area contributed by atoms with Crippen molar-refractivity contribution in [3.05, 3.63) is 0 Å². The third-order valence-electron chi connectivity index (χ3n) is 2.53. The number of carbonyl (C=O) groups excluding carboxylic acids is 1.